The highest BCUT2D eigenvalue weighted by Crippen LogP contribution is 2.22. The molecular formula is C18H15BrClFN2O2. The molecule has 1 heterocycles. The smallest absolute Gasteiger partial charge is 0.258 e. The minimum Gasteiger partial charge on any atom is -0.335 e. The van der Waals surface area contributed by atoms with E-state index in [4.69, 9.17) is 11.6 Å². The summed E-state index contributed by atoms with van der Waals surface area (Å²) >= 11 is 9.31. The number of rotatable bonds is 2. The van der Waals surface area contributed by atoms with E-state index in [-0.39, 0.29) is 16.5 Å². The first-order valence-electron chi connectivity index (χ1n) is 7.75. The summed E-state index contributed by atoms with van der Waals surface area (Å²) in [5.74, 6) is -1.17. The fourth-order valence-corrected chi connectivity index (χ4v) is 3.42. The second-order valence-corrected chi connectivity index (χ2v) is 7.01. The second-order valence-electron chi connectivity index (χ2n) is 5.69. The van der Waals surface area contributed by atoms with Crippen molar-refractivity contribution in [3.8, 4) is 0 Å². The van der Waals surface area contributed by atoms with Gasteiger partial charge in [0.15, 0.2) is 0 Å². The predicted molar refractivity (Wildman–Crippen MR) is 97.4 cm³/mol. The summed E-state index contributed by atoms with van der Waals surface area (Å²) in [6, 6.07) is 11.3. The van der Waals surface area contributed by atoms with E-state index in [1.807, 2.05) is 6.07 Å². The van der Waals surface area contributed by atoms with E-state index in [1.54, 1.807) is 23.1 Å². The molecule has 0 bridgehead atoms. The molecule has 1 aliphatic rings. The molecule has 1 saturated heterocycles. The van der Waals surface area contributed by atoms with Crippen molar-refractivity contribution in [2.45, 2.75) is 0 Å². The Bertz CT molecular complexity index is 802. The van der Waals surface area contributed by atoms with Gasteiger partial charge in [0.05, 0.1) is 10.6 Å². The van der Waals surface area contributed by atoms with E-state index in [9.17, 15) is 14.0 Å². The molecular weight excluding hydrogens is 411 g/mol. The predicted octanol–water partition coefficient (Wildman–Crippen LogP) is 3.84. The van der Waals surface area contributed by atoms with Gasteiger partial charge >= 0.3 is 0 Å². The number of piperazine rings is 1. The fraction of sp³-hybridized carbons (Fsp3) is 0.222. The van der Waals surface area contributed by atoms with Crippen molar-refractivity contribution in [1.29, 1.82) is 0 Å². The van der Waals surface area contributed by atoms with Gasteiger partial charge in [-0.3, -0.25) is 9.59 Å². The van der Waals surface area contributed by atoms with E-state index < -0.39 is 11.7 Å². The van der Waals surface area contributed by atoms with Crippen LogP contribution in [0.15, 0.2) is 46.9 Å². The van der Waals surface area contributed by atoms with Crippen molar-refractivity contribution in [3.63, 3.8) is 0 Å². The maximum atomic E-state index is 13.9. The number of benzene rings is 2. The normalized spacial score (nSPS) is 14.5. The highest BCUT2D eigenvalue weighted by Gasteiger charge is 2.28. The molecule has 0 aromatic heterocycles. The number of hydrogen-bond acceptors (Lipinski definition) is 2. The van der Waals surface area contributed by atoms with Gasteiger partial charge in [-0.2, -0.15) is 0 Å². The summed E-state index contributed by atoms with van der Waals surface area (Å²) in [5.41, 5.74) is 0.474. The topological polar surface area (TPSA) is 40.6 Å². The highest BCUT2D eigenvalue weighted by atomic mass is 79.9. The van der Waals surface area contributed by atoms with Crippen LogP contribution in [-0.4, -0.2) is 47.8 Å². The first-order valence-corrected chi connectivity index (χ1v) is 8.92. The third-order valence-electron chi connectivity index (χ3n) is 4.10. The van der Waals surface area contributed by atoms with Crippen molar-refractivity contribution in [3.05, 3.63) is 68.9 Å². The number of amides is 2. The van der Waals surface area contributed by atoms with Crippen LogP contribution in [0.2, 0.25) is 5.02 Å². The Labute approximate surface area is 158 Å². The van der Waals surface area contributed by atoms with Gasteiger partial charge in [0, 0.05) is 36.2 Å². The molecule has 2 aromatic carbocycles. The van der Waals surface area contributed by atoms with Gasteiger partial charge in [0.1, 0.15) is 5.82 Å². The molecule has 0 atom stereocenters. The van der Waals surface area contributed by atoms with Crippen molar-refractivity contribution < 1.29 is 14.0 Å². The number of halogens is 3. The highest BCUT2D eigenvalue weighted by molar-refractivity contribution is 9.10. The van der Waals surface area contributed by atoms with E-state index in [0.29, 0.717) is 31.7 Å². The molecule has 1 aliphatic heterocycles. The SMILES string of the molecule is O=C(c1cccc(Br)c1)N1CCN(C(=O)c2c(F)cccc2Cl)CC1. The molecule has 0 N–H and O–H groups in total. The van der Waals surface area contributed by atoms with E-state index >= 15 is 0 Å². The van der Waals surface area contributed by atoms with Crippen LogP contribution in [0.3, 0.4) is 0 Å². The van der Waals surface area contributed by atoms with Crippen molar-refractivity contribution in [2.24, 2.45) is 0 Å². The van der Waals surface area contributed by atoms with Crippen LogP contribution >= 0.6 is 27.5 Å². The van der Waals surface area contributed by atoms with Gasteiger partial charge in [0.25, 0.3) is 11.8 Å². The van der Waals surface area contributed by atoms with Gasteiger partial charge in [-0.1, -0.05) is 39.7 Å². The van der Waals surface area contributed by atoms with Crippen LogP contribution in [0, 0.1) is 5.82 Å². The molecule has 0 saturated carbocycles. The molecule has 1 fully saturated rings. The monoisotopic (exact) mass is 424 g/mol. The number of hydrogen-bond donors (Lipinski definition) is 0. The molecule has 4 nitrogen and oxygen atoms in total. The largest absolute Gasteiger partial charge is 0.335 e. The third-order valence-corrected chi connectivity index (χ3v) is 4.91. The van der Waals surface area contributed by atoms with Crippen molar-refractivity contribution in [2.75, 3.05) is 26.2 Å². The quantitative estimate of drug-likeness (QED) is 0.733. The van der Waals surface area contributed by atoms with Gasteiger partial charge in [-0.25, -0.2) is 4.39 Å². The third kappa shape index (κ3) is 3.85. The summed E-state index contributed by atoms with van der Waals surface area (Å²) in [6.45, 7) is 1.46. The minimum absolute atomic E-state index is 0.0858. The first-order chi connectivity index (χ1) is 12.0. The summed E-state index contributed by atoms with van der Waals surface area (Å²) in [7, 11) is 0. The number of nitrogens with zero attached hydrogens (tertiary/aromatic N) is 2. The minimum atomic E-state index is -0.634. The molecule has 0 radical (unpaired) electrons. The van der Waals surface area contributed by atoms with E-state index in [1.165, 1.54) is 23.1 Å². The van der Waals surface area contributed by atoms with Gasteiger partial charge in [-0.15, -0.1) is 0 Å². The maximum Gasteiger partial charge on any atom is 0.258 e. The lowest BCUT2D eigenvalue weighted by atomic mass is 10.1. The lowest BCUT2D eigenvalue weighted by molar-refractivity contribution is 0.0533. The molecule has 130 valence electrons. The average molecular weight is 426 g/mol. The zero-order chi connectivity index (χ0) is 18.0. The Morgan fingerprint density at radius 1 is 0.960 bits per heavy atom. The van der Waals surface area contributed by atoms with Gasteiger partial charge in [-0.05, 0) is 30.3 Å². The zero-order valence-corrected chi connectivity index (χ0v) is 15.6. The fourth-order valence-electron chi connectivity index (χ4n) is 2.78. The standard InChI is InChI=1S/C18H15BrClFN2O2/c19-13-4-1-3-12(11-13)17(24)22-7-9-23(10-8-22)18(25)16-14(20)5-2-6-15(16)21/h1-6,11H,7-10H2. The molecule has 3 rings (SSSR count). The van der Waals surface area contributed by atoms with E-state index in [2.05, 4.69) is 15.9 Å². The second kappa shape index (κ2) is 7.54. The van der Waals surface area contributed by atoms with Gasteiger partial charge in [0.2, 0.25) is 0 Å². The van der Waals surface area contributed by atoms with Crippen LogP contribution in [0.4, 0.5) is 4.39 Å². The van der Waals surface area contributed by atoms with Crippen LogP contribution in [0.25, 0.3) is 0 Å². The average Bonchev–Trinajstić information content (AvgIpc) is 2.61. The molecule has 0 aliphatic carbocycles. The molecule has 2 aromatic rings. The Morgan fingerprint density at radius 3 is 2.16 bits per heavy atom. The Kier molecular flexibility index (Phi) is 5.39. The zero-order valence-electron chi connectivity index (χ0n) is 13.2. The molecule has 0 unspecified atom stereocenters. The van der Waals surface area contributed by atoms with Crippen LogP contribution in [0.5, 0.6) is 0 Å². The first kappa shape index (κ1) is 17.9. The molecule has 0 spiro atoms. The van der Waals surface area contributed by atoms with Crippen LogP contribution in [0.1, 0.15) is 20.7 Å². The van der Waals surface area contributed by atoms with Crippen LogP contribution < -0.4 is 0 Å². The molecule has 7 heteroatoms. The van der Waals surface area contributed by atoms with Crippen molar-refractivity contribution >= 4 is 39.3 Å². The summed E-state index contributed by atoms with van der Waals surface area (Å²) < 4.78 is 14.8. The number of carbonyl (C=O) groups excluding carboxylic acids is 2. The Morgan fingerprint density at radius 2 is 1.56 bits per heavy atom. The lowest BCUT2D eigenvalue weighted by Crippen LogP contribution is -2.50. The van der Waals surface area contributed by atoms with E-state index in [0.717, 1.165) is 4.47 Å². The van der Waals surface area contributed by atoms with Gasteiger partial charge < -0.3 is 9.80 Å². The van der Waals surface area contributed by atoms with Crippen molar-refractivity contribution in [1.82, 2.24) is 9.80 Å². The lowest BCUT2D eigenvalue weighted by Gasteiger charge is -2.35. The molecule has 25 heavy (non-hydrogen) atoms. The summed E-state index contributed by atoms with van der Waals surface area (Å²) in [4.78, 5) is 28.3. The van der Waals surface area contributed by atoms with Crippen LogP contribution in [-0.2, 0) is 0 Å². The maximum absolute atomic E-state index is 13.9. The molecule has 2 amide bonds. The Hall–Kier alpha value is -1.92. The Balaban J connectivity index is 1.68. The summed E-state index contributed by atoms with van der Waals surface area (Å²) in [5, 5.41) is 0.0950. The summed E-state index contributed by atoms with van der Waals surface area (Å²) in [6.07, 6.45) is 0. The number of carbonyl (C=O) groups is 2.